The second-order valence-corrected chi connectivity index (χ2v) is 3.84. The molecule has 0 amide bonds. The standard InChI is InChI=1S/C9H9Cl3/c1-6-4-8(11)7(2-3-10)9(12)5-6/h4-5H,2-3H2,1H3. The van der Waals surface area contributed by atoms with Gasteiger partial charge in [-0.05, 0) is 36.6 Å². The van der Waals surface area contributed by atoms with E-state index in [1.807, 2.05) is 19.1 Å². The van der Waals surface area contributed by atoms with Gasteiger partial charge in [-0.25, -0.2) is 0 Å². The third-order valence-corrected chi connectivity index (χ3v) is 2.49. The van der Waals surface area contributed by atoms with Gasteiger partial charge in [0.25, 0.3) is 0 Å². The SMILES string of the molecule is Cc1cc(Cl)c(CCCl)c(Cl)c1. The average molecular weight is 224 g/mol. The van der Waals surface area contributed by atoms with Crippen molar-refractivity contribution >= 4 is 34.8 Å². The molecule has 1 aromatic carbocycles. The van der Waals surface area contributed by atoms with Crippen molar-refractivity contribution in [3.05, 3.63) is 33.3 Å². The highest BCUT2D eigenvalue weighted by molar-refractivity contribution is 6.36. The van der Waals surface area contributed by atoms with Crippen molar-refractivity contribution in [2.75, 3.05) is 5.88 Å². The molecule has 0 unspecified atom stereocenters. The van der Waals surface area contributed by atoms with Crippen molar-refractivity contribution in [1.29, 1.82) is 0 Å². The van der Waals surface area contributed by atoms with Crippen LogP contribution in [0, 0.1) is 6.92 Å². The van der Waals surface area contributed by atoms with Gasteiger partial charge < -0.3 is 0 Å². The molecule has 66 valence electrons. The largest absolute Gasteiger partial charge is 0.126 e. The summed E-state index contributed by atoms with van der Waals surface area (Å²) in [7, 11) is 0. The number of hydrogen-bond donors (Lipinski definition) is 0. The second-order valence-electron chi connectivity index (χ2n) is 2.65. The maximum Gasteiger partial charge on any atom is 0.0455 e. The fourth-order valence-electron chi connectivity index (χ4n) is 1.06. The quantitative estimate of drug-likeness (QED) is 0.663. The number of rotatable bonds is 2. The summed E-state index contributed by atoms with van der Waals surface area (Å²) in [5.74, 6) is 0.544. The summed E-state index contributed by atoms with van der Waals surface area (Å²) in [6, 6.07) is 3.80. The van der Waals surface area contributed by atoms with Crippen LogP contribution in [0.15, 0.2) is 12.1 Å². The molecular weight excluding hydrogens is 214 g/mol. The first-order valence-electron chi connectivity index (χ1n) is 3.65. The van der Waals surface area contributed by atoms with Crippen LogP contribution >= 0.6 is 34.8 Å². The Hall–Kier alpha value is 0.0900. The molecule has 0 aliphatic heterocycles. The van der Waals surface area contributed by atoms with Gasteiger partial charge in [0.05, 0.1) is 0 Å². The molecule has 0 bridgehead atoms. The van der Waals surface area contributed by atoms with E-state index in [9.17, 15) is 0 Å². The van der Waals surface area contributed by atoms with Crippen molar-refractivity contribution in [3.63, 3.8) is 0 Å². The number of benzene rings is 1. The van der Waals surface area contributed by atoms with Gasteiger partial charge in [-0.2, -0.15) is 0 Å². The van der Waals surface area contributed by atoms with Gasteiger partial charge in [0.1, 0.15) is 0 Å². The molecule has 0 aliphatic carbocycles. The van der Waals surface area contributed by atoms with Crippen LogP contribution in [0.25, 0.3) is 0 Å². The summed E-state index contributed by atoms with van der Waals surface area (Å²) in [5.41, 5.74) is 2.02. The van der Waals surface area contributed by atoms with E-state index < -0.39 is 0 Å². The maximum absolute atomic E-state index is 5.97. The third-order valence-electron chi connectivity index (χ3n) is 1.63. The van der Waals surface area contributed by atoms with Gasteiger partial charge in [-0.1, -0.05) is 23.2 Å². The molecular formula is C9H9Cl3. The van der Waals surface area contributed by atoms with Crippen molar-refractivity contribution in [1.82, 2.24) is 0 Å². The Morgan fingerprint density at radius 1 is 1.17 bits per heavy atom. The summed E-state index contributed by atoms with van der Waals surface area (Å²) >= 11 is 17.5. The van der Waals surface area contributed by atoms with E-state index in [4.69, 9.17) is 34.8 Å². The molecule has 0 fully saturated rings. The molecule has 0 heterocycles. The Bertz CT molecular complexity index is 258. The zero-order chi connectivity index (χ0) is 9.14. The van der Waals surface area contributed by atoms with Crippen LogP contribution in [0.2, 0.25) is 10.0 Å². The molecule has 3 heteroatoms. The normalized spacial score (nSPS) is 10.3. The van der Waals surface area contributed by atoms with Crippen molar-refractivity contribution in [2.45, 2.75) is 13.3 Å². The Labute approximate surface area is 87.4 Å². The molecule has 1 rings (SSSR count). The van der Waals surface area contributed by atoms with Crippen molar-refractivity contribution in [2.24, 2.45) is 0 Å². The van der Waals surface area contributed by atoms with Gasteiger partial charge in [-0.3, -0.25) is 0 Å². The summed E-state index contributed by atoms with van der Waals surface area (Å²) in [6.07, 6.45) is 0.722. The molecule has 0 atom stereocenters. The van der Waals surface area contributed by atoms with Crippen LogP contribution in [0.3, 0.4) is 0 Å². The van der Waals surface area contributed by atoms with Crippen LogP contribution < -0.4 is 0 Å². The number of hydrogen-bond acceptors (Lipinski definition) is 0. The lowest BCUT2D eigenvalue weighted by atomic mass is 10.1. The molecule has 0 aliphatic rings. The van der Waals surface area contributed by atoms with Crippen molar-refractivity contribution < 1.29 is 0 Å². The first-order valence-corrected chi connectivity index (χ1v) is 4.94. The smallest absolute Gasteiger partial charge is 0.0455 e. The highest BCUT2D eigenvalue weighted by Gasteiger charge is 2.05. The van der Waals surface area contributed by atoms with Crippen LogP contribution in [0.4, 0.5) is 0 Å². The maximum atomic E-state index is 5.97. The highest BCUT2D eigenvalue weighted by Crippen LogP contribution is 2.26. The third kappa shape index (κ3) is 2.29. The first-order chi connectivity index (χ1) is 5.65. The fourth-order valence-corrected chi connectivity index (χ4v) is 2.04. The zero-order valence-corrected chi connectivity index (χ0v) is 8.97. The van der Waals surface area contributed by atoms with E-state index in [1.54, 1.807) is 0 Å². The Morgan fingerprint density at radius 2 is 1.67 bits per heavy atom. The van der Waals surface area contributed by atoms with E-state index in [2.05, 4.69) is 0 Å². The lowest BCUT2D eigenvalue weighted by Gasteiger charge is -2.05. The van der Waals surface area contributed by atoms with Crippen molar-refractivity contribution in [3.8, 4) is 0 Å². The minimum Gasteiger partial charge on any atom is -0.126 e. The number of aryl methyl sites for hydroxylation is 1. The molecule has 1 aromatic rings. The number of halogens is 3. The Balaban J connectivity index is 3.10. The van der Waals surface area contributed by atoms with Gasteiger partial charge in [0.15, 0.2) is 0 Å². The predicted molar refractivity (Wildman–Crippen MR) is 55.6 cm³/mol. The van der Waals surface area contributed by atoms with Crippen LogP contribution in [0.5, 0.6) is 0 Å². The summed E-state index contributed by atoms with van der Waals surface area (Å²) < 4.78 is 0. The second kappa shape index (κ2) is 4.36. The summed E-state index contributed by atoms with van der Waals surface area (Å²) in [5, 5.41) is 1.42. The van der Waals surface area contributed by atoms with E-state index in [1.165, 1.54) is 0 Å². The molecule has 0 nitrogen and oxygen atoms in total. The molecule has 0 aromatic heterocycles. The van der Waals surface area contributed by atoms with E-state index in [0.29, 0.717) is 15.9 Å². The average Bonchev–Trinajstić information content (AvgIpc) is 1.96. The molecule has 12 heavy (non-hydrogen) atoms. The van der Waals surface area contributed by atoms with Gasteiger partial charge >= 0.3 is 0 Å². The van der Waals surface area contributed by atoms with Crippen LogP contribution in [-0.2, 0) is 6.42 Å². The van der Waals surface area contributed by atoms with E-state index >= 15 is 0 Å². The Morgan fingerprint density at radius 3 is 2.08 bits per heavy atom. The minimum atomic E-state index is 0.544. The topological polar surface area (TPSA) is 0 Å². The molecule has 0 saturated carbocycles. The van der Waals surface area contributed by atoms with Crippen LogP contribution in [0.1, 0.15) is 11.1 Å². The minimum absolute atomic E-state index is 0.544. The van der Waals surface area contributed by atoms with Gasteiger partial charge in [-0.15, -0.1) is 11.6 Å². The van der Waals surface area contributed by atoms with E-state index in [0.717, 1.165) is 17.5 Å². The molecule has 0 spiro atoms. The Kier molecular flexibility index (Phi) is 3.70. The summed E-state index contributed by atoms with van der Waals surface area (Å²) in [6.45, 7) is 1.96. The highest BCUT2D eigenvalue weighted by atomic mass is 35.5. The first kappa shape index (κ1) is 10.2. The lowest BCUT2D eigenvalue weighted by molar-refractivity contribution is 1.14. The molecule has 0 saturated heterocycles. The fraction of sp³-hybridized carbons (Fsp3) is 0.333. The zero-order valence-electron chi connectivity index (χ0n) is 6.70. The van der Waals surface area contributed by atoms with Crippen LogP contribution in [-0.4, -0.2) is 5.88 Å². The monoisotopic (exact) mass is 222 g/mol. The van der Waals surface area contributed by atoms with Gasteiger partial charge in [0.2, 0.25) is 0 Å². The van der Waals surface area contributed by atoms with E-state index in [-0.39, 0.29) is 0 Å². The molecule has 0 N–H and O–H groups in total. The number of alkyl halides is 1. The molecule has 0 radical (unpaired) electrons. The summed E-state index contributed by atoms with van der Waals surface area (Å²) in [4.78, 5) is 0. The van der Waals surface area contributed by atoms with Gasteiger partial charge in [0, 0.05) is 15.9 Å². The predicted octanol–water partition coefficient (Wildman–Crippen LogP) is 4.08. The lowest BCUT2D eigenvalue weighted by Crippen LogP contribution is -1.90.